The molecule has 0 bridgehead atoms. The maximum atomic E-state index is 3.59. The van der Waals surface area contributed by atoms with Gasteiger partial charge in [-0.2, -0.15) is 11.8 Å². The van der Waals surface area contributed by atoms with E-state index in [-0.39, 0.29) is 5.54 Å². The van der Waals surface area contributed by atoms with Crippen molar-refractivity contribution in [3.63, 3.8) is 0 Å². The van der Waals surface area contributed by atoms with Crippen molar-refractivity contribution in [2.75, 3.05) is 11.5 Å². The molecule has 110 valence electrons. The van der Waals surface area contributed by atoms with Gasteiger partial charge in [-0.1, -0.05) is 25.1 Å². The van der Waals surface area contributed by atoms with Gasteiger partial charge in [0.25, 0.3) is 0 Å². The maximum Gasteiger partial charge on any atom is 0.0483 e. The molecule has 2 aromatic rings. The summed E-state index contributed by atoms with van der Waals surface area (Å²) in [5.41, 5.74) is 2.91. The SMILES string of the molecule is CCSCCn1cc(CNC(C)(C)C)c2ccccc21. The molecule has 0 aliphatic carbocycles. The summed E-state index contributed by atoms with van der Waals surface area (Å²) in [5.74, 6) is 2.37. The number of hydrogen-bond acceptors (Lipinski definition) is 2. The second-order valence-corrected chi connectivity index (χ2v) is 7.56. The summed E-state index contributed by atoms with van der Waals surface area (Å²) in [6.07, 6.45) is 2.32. The van der Waals surface area contributed by atoms with Gasteiger partial charge in [0.2, 0.25) is 0 Å². The number of para-hydroxylation sites is 1. The second-order valence-electron chi connectivity index (χ2n) is 6.17. The van der Waals surface area contributed by atoms with Crippen LogP contribution in [0.25, 0.3) is 10.9 Å². The molecule has 1 aromatic heterocycles. The first-order chi connectivity index (χ1) is 9.51. The van der Waals surface area contributed by atoms with Crippen molar-refractivity contribution in [1.29, 1.82) is 0 Å². The lowest BCUT2D eigenvalue weighted by atomic mass is 10.1. The van der Waals surface area contributed by atoms with E-state index in [4.69, 9.17) is 0 Å². The molecule has 20 heavy (non-hydrogen) atoms. The van der Waals surface area contributed by atoms with Gasteiger partial charge in [-0.05, 0) is 38.2 Å². The number of nitrogens with zero attached hydrogens (tertiary/aromatic N) is 1. The highest BCUT2D eigenvalue weighted by Gasteiger charge is 2.12. The number of aromatic nitrogens is 1. The number of rotatable bonds is 6. The Bertz CT molecular complexity index is 552. The fraction of sp³-hybridized carbons (Fsp3) is 0.529. The zero-order valence-corrected chi connectivity index (χ0v) is 13.9. The minimum absolute atomic E-state index is 0.154. The molecule has 0 aliphatic heterocycles. The van der Waals surface area contributed by atoms with Crippen LogP contribution in [-0.4, -0.2) is 21.6 Å². The number of thioether (sulfide) groups is 1. The number of fused-ring (bicyclic) bond motifs is 1. The van der Waals surface area contributed by atoms with E-state index in [0.29, 0.717) is 0 Å². The van der Waals surface area contributed by atoms with Gasteiger partial charge < -0.3 is 9.88 Å². The molecule has 1 N–H and O–H groups in total. The quantitative estimate of drug-likeness (QED) is 0.800. The molecule has 0 saturated heterocycles. The molecule has 0 atom stereocenters. The van der Waals surface area contributed by atoms with Gasteiger partial charge in [-0.25, -0.2) is 0 Å². The minimum Gasteiger partial charge on any atom is -0.346 e. The van der Waals surface area contributed by atoms with Crippen LogP contribution in [0.4, 0.5) is 0 Å². The lowest BCUT2D eigenvalue weighted by molar-refractivity contribution is 0.425. The third-order valence-electron chi connectivity index (χ3n) is 3.36. The number of aryl methyl sites for hydroxylation is 1. The fourth-order valence-electron chi connectivity index (χ4n) is 2.32. The molecular formula is C17H26N2S. The standard InChI is InChI=1S/C17H26N2S/c1-5-20-11-10-19-13-14(12-18-17(2,3)4)15-8-6-7-9-16(15)19/h6-9,13,18H,5,10-12H2,1-4H3. The third kappa shape index (κ3) is 4.03. The first kappa shape index (κ1) is 15.5. The van der Waals surface area contributed by atoms with Gasteiger partial charge in [0, 0.05) is 41.5 Å². The molecule has 2 rings (SSSR count). The van der Waals surface area contributed by atoms with E-state index < -0.39 is 0 Å². The predicted molar refractivity (Wildman–Crippen MR) is 91.5 cm³/mol. The topological polar surface area (TPSA) is 17.0 Å². The first-order valence-corrected chi connectivity index (χ1v) is 8.56. The Morgan fingerprint density at radius 2 is 1.95 bits per heavy atom. The van der Waals surface area contributed by atoms with Gasteiger partial charge in [0.1, 0.15) is 0 Å². The Morgan fingerprint density at radius 1 is 1.20 bits per heavy atom. The lowest BCUT2D eigenvalue weighted by Gasteiger charge is -2.20. The van der Waals surface area contributed by atoms with Crippen LogP contribution in [0.3, 0.4) is 0 Å². The maximum absolute atomic E-state index is 3.59. The van der Waals surface area contributed by atoms with E-state index >= 15 is 0 Å². The average molecular weight is 290 g/mol. The Hall–Kier alpha value is -0.930. The molecule has 2 nitrogen and oxygen atoms in total. The Labute approximate surface area is 126 Å². The average Bonchev–Trinajstić information content (AvgIpc) is 2.75. The molecule has 0 unspecified atom stereocenters. The van der Waals surface area contributed by atoms with Crippen LogP contribution in [0.15, 0.2) is 30.5 Å². The van der Waals surface area contributed by atoms with Crippen LogP contribution in [0.5, 0.6) is 0 Å². The fourth-order valence-corrected chi connectivity index (χ4v) is 2.93. The zero-order valence-electron chi connectivity index (χ0n) is 13.1. The molecule has 3 heteroatoms. The van der Waals surface area contributed by atoms with Crippen LogP contribution in [-0.2, 0) is 13.1 Å². The van der Waals surface area contributed by atoms with Crippen molar-refractivity contribution >= 4 is 22.7 Å². The summed E-state index contributed by atoms with van der Waals surface area (Å²) in [5, 5.41) is 4.97. The van der Waals surface area contributed by atoms with E-state index in [9.17, 15) is 0 Å². The van der Waals surface area contributed by atoms with Crippen LogP contribution in [0, 0.1) is 0 Å². The Balaban J connectivity index is 2.21. The molecule has 0 fully saturated rings. The van der Waals surface area contributed by atoms with Crippen molar-refractivity contribution < 1.29 is 0 Å². The first-order valence-electron chi connectivity index (χ1n) is 7.41. The summed E-state index contributed by atoms with van der Waals surface area (Å²) in [4.78, 5) is 0. The van der Waals surface area contributed by atoms with Gasteiger partial charge in [0.15, 0.2) is 0 Å². The Morgan fingerprint density at radius 3 is 2.65 bits per heavy atom. The monoisotopic (exact) mass is 290 g/mol. The van der Waals surface area contributed by atoms with Gasteiger partial charge in [0.05, 0.1) is 0 Å². The summed E-state index contributed by atoms with van der Waals surface area (Å²) in [6.45, 7) is 10.9. The highest BCUT2D eigenvalue weighted by Crippen LogP contribution is 2.22. The number of hydrogen-bond donors (Lipinski definition) is 1. The van der Waals surface area contributed by atoms with Crippen molar-refractivity contribution in [3.8, 4) is 0 Å². The molecule has 1 heterocycles. The largest absolute Gasteiger partial charge is 0.346 e. The molecule has 1 aromatic carbocycles. The van der Waals surface area contributed by atoms with Crippen molar-refractivity contribution in [2.45, 2.75) is 46.3 Å². The molecule has 0 saturated carbocycles. The van der Waals surface area contributed by atoms with Crippen molar-refractivity contribution in [1.82, 2.24) is 9.88 Å². The van der Waals surface area contributed by atoms with E-state index in [1.807, 2.05) is 11.8 Å². The van der Waals surface area contributed by atoms with Crippen LogP contribution >= 0.6 is 11.8 Å². The normalized spacial score (nSPS) is 12.2. The van der Waals surface area contributed by atoms with Crippen LogP contribution in [0.1, 0.15) is 33.3 Å². The molecular weight excluding hydrogens is 264 g/mol. The lowest BCUT2D eigenvalue weighted by Crippen LogP contribution is -2.34. The highest BCUT2D eigenvalue weighted by molar-refractivity contribution is 7.99. The highest BCUT2D eigenvalue weighted by atomic mass is 32.2. The van der Waals surface area contributed by atoms with E-state index in [1.165, 1.54) is 28.0 Å². The van der Waals surface area contributed by atoms with Crippen LogP contribution < -0.4 is 5.32 Å². The zero-order chi connectivity index (χ0) is 14.6. The van der Waals surface area contributed by atoms with Crippen LogP contribution in [0.2, 0.25) is 0 Å². The second kappa shape index (κ2) is 6.68. The number of benzene rings is 1. The summed E-state index contributed by atoms with van der Waals surface area (Å²) >= 11 is 2.00. The van der Waals surface area contributed by atoms with Gasteiger partial charge in [-0.15, -0.1) is 0 Å². The molecule has 0 radical (unpaired) electrons. The molecule has 0 amide bonds. The van der Waals surface area contributed by atoms with Gasteiger partial charge in [-0.3, -0.25) is 0 Å². The molecule has 0 spiro atoms. The smallest absolute Gasteiger partial charge is 0.0483 e. The Kier molecular flexibility index (Phi) is 5.17. The predicted octanol–water partition coefficient (Wildman–Crippen LogP) is 4.28. The third-order valence-corrected chi connectivity index (χ3v) is 4.24. The minimum atomic E-state index is 0.154. The summed E-state index contributed by atoms with van der Waals surface area (Å²) in [7, 11) is 0. The molecule has 0 aliphatic rings. The summed E-state index contributed by atoms with van der Waals surface area (Å²) < 4.78 is 2.40. The van der Waals surface area contributed by atoms with Gasteiger partial charge >= 0.3 is 0 Å². The summed E-state index contributed by atoms with van der Waals surface area (Å²) in [6, 6.07) is 8.73. The van der Waals surface area contributed by atoms with Crippen molar-refractivity contribution in [3.05, 3.63) is 36.0 Å². The van der Waals surface area contributed by atoms with E-state index in [0.717, 1.165) is 13.1 Å². The van der Waals surface area contributed by atoms with E-state index in [1.54, 1.807) is 0 Å². The number of nitrogens with one attached hydrogen (secondary N) is 1. The van der Waals surface area contributed by atoms with Crippen molar-refractivity contribution in [2.24, 2.45) is 0 Å². The van der Waals surface area contributed by atoms with E-state index in [2.05, 4.69) is 68.0 Å².